The van der Waals surface area contributed by atoms with Crippen LogP contribution in [0.15, 0.2) is 53.1 Å². The van der Waals surface area contributed by atoms with Crippen molar-refractivity contribution in [1.82, 2.24) is 0 Å². The summed E-state index contributed by atoms with van der Waals surface area (Å²) in [4.78, 5) is 23.6. The molecule has 23 heavy (non-hydrogen) atoms. The third kappa shape index (κ3) is 7.06. The summed E-state index contributed by atoms with van der Waals surface area (Å²) in [5.74, 6) is -1.32. The fourth-order valence-electron chi connectivity index (χ4n) is 1.54. The van der Waals surface area contributed by atoms with E-state index in [4.69, 9.17) is 4.74 Å². The molecule has 0 saturated heterocycles. The van der Waals surface area contributed by atoms with Gasteiger partial charge in [-0.3, -0.25) is 0 Å². The van der Waals surface area contributed by atoms with Gasteiger partial charge in [-0.2, -0.15) is 0 Å². The highest BCUT2D eigenvalue weighted by Gasteiger charge is 2.12. The Labute approximate surface area is 140 Å². The van der Waals surface area contributed by atoms with E-state index in [9.17, 15) is 14.7 Å². The lowest BCUT2D eigenvalue weighted by Gasteiger charge is -2.06. The molecule has 1 N–H and O–H groups in total. The third-order valence-corrected chi connectivity index (χ3v) is 3.68. The van der Waals surface area contributed by atoms with E-state index in [1.807, 2.05) is 30.3 Å². The van der Waals surface area contributed by atoms with Gasteiger partial charge < -0.3 is 14.6 Å². The molecule has 0 heterocycles. The van der Waals surface area contributed by atoms with Gasteiger partial charge in [0, 0.05) is 5.75 Å². The Morgan fingerprint density at radius 3 is 2.26 bits per heavy atom. The van der Waals surface area contributed by atoms with Gasteiger partial charge in [0.25, 0.3) is 0 Å². The van der Waals surface area contributed by atoms with E-state index in [1.165, 1.54) is 17.8 Å². The number of carbonyl (C=O) groups excluding carboxylic acids is 2. The second-order valence-electron chi connectivity index (χ2n) is 4.30. The van der Waals surface area contributed by atoms with Gasteiger partial charge in [0.15, 0.2) is 0 Å². The zero-order valence-corrected chi connectivity index (χ0v) is 14.0. The number of thioether (sulfide) groups is 1. The van der Waals surface area contributed by atoms with E-state index in [1.54, 1.807) is 13.8 Å². The van der Waals surface area contributed by atoms with Crippen LogP contribution in [0.1, 0.15) is 19.4 Å². The van der Waals surface area contributed by atoms with Crippen molar-refractivity contribution in [1.29, 1.82) is 0 Å². The molecule has 0 saturated carbocycles. The van der Waals surface area contributed by atoms with Gasteiger partial charge in [-0.25, -0.2) is 9.59 Å². The van der Waals surface area contributed by atoms with Gasteiger partial charge in [-0.15, -0.1) is 11.8 Å². The molecule has 1 aromatic rings. The average molecular weight is 336 g/mol. The van der Waals surface area contributed by atoms with Crippen molar-refractivity contribution in [3.63, 3.8) is 0 Å². The van der Waals surface area contributed by atoms with E-state index < -0.39 is 17.7 Å². The van der Waals surface area contributed by atoms with Crippen LogP contribution in [0.5, 0.6) is 0 Å². The summed E-state index contributed by atoms with van der Waals surface area (Å²) in [5, 5.41) is 9.58. The molecular weight excluding hydrogens is 316 g/mol. The van der Waals surface area contributed by atoms with Crippen molar-refractivity contribution < 1.29 is 24.2 Å². The Bertz CT molecular complexity index is 578. The van der Waals surface area contributed by atoms with Crippen LogP contribution in [0, 0.1) is 0 Å². The van der Waals surface area contributed by atoms with E-state index in [0.717, 1.165) is 11.6 Å². The largest absolute Gasteiger partial charge is 0.502 e. The molecule has 1 rings (SSSR count). The summed E-state index contributed by atoms with van der Waals surface area (Å²) in [6, 6.07) is 9.63. The van der Waals surface area contributed by atoms with Gasteiger partial charge in [0.2, 0.25) is 5.76 Å². The van der Waals surface area contributed by atoms with Crippen molar-refractivity contribution in [2.24, 2.45) is 0 Å². The Morgan fingerprint density at radius 1 is 1.04 bits per heavy atom. The Kier molecular flexibility index (Phi) is 8.60. The van der Waals surface area contributed by atoms with Crippen LogP contribution in [0.3, 0.4) is 0 Å². The van der Waals surface area contributed by atoms with Crippen molar-refractivity contribution >= 4 is 23.7 Å². The standard InChI is InChI=1S/C17H20O5S/c1-3-21-16(19)14(18)10-11-15(17(20)22-4-2)23-12-13-8-6-5-7-9-13/h5-11,18H,3-4,12H2,1-2H3. The molecule has 124 valence electrons. The molecule has 0 amide bonds. The molecule has 0 atom stereocenters. The molecule has 0 unspecified atom stereocenters. The molecule has 6 heteroatoms. The normalized spacial score (nSPS) is 11.9. The number of aliphatic hydroxyl groups excluding tert-OH is 1. The second-order valence-corrected chi connectivity index (χ2v) is 5.32. The first kappa shape index (κ1) is 18.8. The van der Waals surface area contributed by atoms with Crippen LogP contribution in [-0.4, -0.2) is 30.3 Å². The average Bonchev–Trinajstić information content (AvgIpc) is 2.56. The van der Waals surface area contributed by atoms with Crippen LogP contribution in [0.2, 0.25) is 0 Å². The smallest absolute Gasteiger partial charge is 0.373 e. The van der Waals surface area contributed by atoms with Crippen molar-refractivity contribution in [3.8, 4) is 0 Å². The monoisotopic (exact) mass is 336 g/mol. The Morgan fingerprint density at radius 2 is 1.65 bits per heavy atom. The number of carbonyl (C=O) groups is 2. The fourth-order valence-corrected chi connectivity index (χ4v) is 2.40. The molecule has 0 bridgehead atoms. The molecule has 0 fully saturated rings. The summed E-state index contributed by atoms with van der Waals surface area (Å²) < 4.78 is 9.64. The van der Waals surface area contributed by atoms with Gasteiger partial charge in [0.05, 0.1) is 18.1 Å². The van der Waals surface area contributed by atoms with Gasteiger partial charge in [-0.05, 0) is 31.6 Å². The molecule has 1 aromatic carbocycles. The second kappa shape index (κ2) is 10.5. The molecule has 0 radical (unpaired) electrons. The lowest BCUT2D eigenvalue weighted by atomic mass is 10.2. The van der Waals surface area contributed by atoms with Crippen LogP contribution in [0.4, 0.5) is 0 Å². The highest BCUT2D eigenvalue weighted by atomic mass is 32.2. The first-order valence-corrected chi connectivity index (χ1v) is 8.18. The topological polar surface area (TPSA) is 72.8 Å². The lowest BCUT2D eigenvalue weighted by molar-refractivity contribution is -0.141. The third-order valence-electron chi connectivity index (χ3n) is 2.59. The number of esters is 2. The van der Waals surface area contributed by atoms with Gasteiger partial charge in [-0.1, -0.05) is 30.3 Å². The van der Waals surface area contributed by atoms with Crippen molar-refractivity contribution in [3.05, 3.63) is 58.7 Å². The molecule has 0 aliphatic carbocycles. The molecule has 0 aromatic heterocycles. The number of allylic oxidation sites excluding steroid dienone is 2. The quantitative estimate of drug-likeness (QED) is 0.340. The minimum absolute atomic E-state index is 0.161. The van der Waals surface area contributed by atoms with E-state index in [-0.39, 0.29) is 13.2 Å². The van der Waals surface area contributed by atoms with Gasteiger partial charge >= 0.3 is 11.9 Å². The highest BCUT2D eigenvalue weighted by molar-refractivity contribution is 8.03. The van der Waals surface area contributed by atoms with Crippen molar-refractivity contribution in [2.75, 3.05) is 13.2 Å². The number of aliphatic hydroxyl groups is 1. The predicted molar refractivity (Wildman–Crippen MR) is 89.8 cm³/mol. The Balaban J connectivity index is 2.83. The Hall–Kier alpha value is -2.21. The number of benzene rings is 1. The van der Waals surface area contributed by atoms with Gasteiger partial charge in [0.1, 0.15) is 0 Å². The number of hydrogen-bond acceptors (Lipinski definition) is 6. The van der Waals surface area contributed by atoms with Crippen molar-refractivity contribution in [2.45, 2.75) is 19.6 Å². The lowest BCUT2D eigenvalue weighted by Crippen LogP contribution is -2.08. The summed E-state index contributed by atoms with van der Waals surface area (Å²) >= 11 is 1.27. The fraction of sp³-hybridized carbons (Fsp3) is 0.294. The molecule has 0 spiro atoms. The van der Waals surface area contributed by atoms with E-state index in [2.05, 4.69) is 4.74 Å². The van der Waals surface area contributed by atoms with Crippen LogP contribution >= 0.6 is 11.8 Å². The number of ether oxygens (including phenoxy) is 2. The zero-order valence-electron chi connectivity index (χ0n) is 13.2. The molecule has 0 aliphatic rings. The molecule has 0 aliphatic heterocycles. The maximum Gasteiger partial charge on any atom is 0.373 e. The SMILES string of the molecule is CCOC(=O)C(O)=CC=C(SCc1ccccc1)C(=O)OCC. The maximum atomic E-state index is 11.9. The first-order chi connectivity index (χ1) is 11.1. The maximum absolute atomic E-state index is 11.9. The minimum atomic E-state index is -0.833. The summed E-state index contributed by atoms with van der Waals surface area (Å²) in [7, 11) is 0. The zero-order chi connectivity index (χ0) is 17.1. The first-order valence-electron chi connectivity index (χ1n) is 7.20. The van der Waals surface area contributed by atoms with Crippen LogP contribution < -0.4 is 0 Å². The highest BCUT2D eigenvalue weighted by Crippen LogP contribution is 2.23. The van der Waals surface area contributed by atoms with E-state index >= 15 is 0 Å². The summed E-state index contributed by atoms with van der Waals surface area (Å²) in [6.07, 6.45) is 2.50. The van der Waals surface area contributed by atoms with Crippen LogP contribution in [-0.2, 0) is 24.8 Å². The van der Waals surface area contributed by atoms with Crippen LogP contribution in [0.25, 0.3) is 0 Å². The predicted octanol–water partition coefficient (Wildman–Crippen LogP) is 3.37. The summed E-state index contributed by atoms with van der Waals surface area (Å²) in [6.45, 7) is 3.76. The number of hydrogen-bond donors (Lipinski definition) is 1. The van der Waals surface area contributed by atoms with E-state index in [0.29, 0.717) is 10.7 Å². The molecule has 5 nitrogen and oxygen atoms in total. The minimum Gasteiger partial charge on any atom is -0.502 e. The number of rotatable bonds is 8. The molecular formula is C17H20O5S. The summed E-state index contributed by atoms with van der Waals surface area (Å²) in [5.41, 5.74) is 1.05.